The molecule has 0 aliphatic carbocycles. The van der Waals surface area contributed by atoms with Gasteiger partial charge in [0.25, 0.3) is 0 Å². The van der Waals surface area contributed by atoms with Crippen molar-refractivity contribution in [2.45, 2.75) is 6.04 Å². The van der Waals surface area contributed by atoms with Crippen LogP contribution in [0.3, 0.4) is 0 Å². The van der Waals surface area contributed by atoms with Crippen molar-refractivity contribution >= 4 is 17.4 Å². The number of ether oxygens (including phenoxy) is 1. The number of morpholine rings is 1. The average molecular weight is 247 g/mol. The molecule has 1 aromatic heterocycles. The minimum atomic E-state index is -0.479. The van der Waals surface area contributed by atoms with E-state index in [4.69, 9.17) is 16.3 Å². The predicted octanol–water partition coefficient (Wildman–Crippen LogP) is 1.07. The highest BCUT2D eigenvalue weighted by Crippen LogP contribution is 2.22. The molecule has 1 aliphatic rings. The normalized spacial score (nSPS) is 21.2. The maximum atomic E-state index is 13.6. The molecule has 88 valence electrons. The number of rotatable bonds is 2. The monoisotopic (exact) mass is 246 g/mol. The first kappa shape index (κ1) is 11.6. The van der Waals surface area contributed by atoms with Crippen LogP contribution in [0.4, 0.5) is 10.2 Å². The van der Waals surface area contributed by atoms with Gasteiger partial charge in [-0.2, -0.15) is 0 Å². The molecule has 0 radical (unpaired) electrons. The van der Waals surface area contributed by atoms with Crippen LogP contribution < -0.4 is 4.90 Å². The van der Waals surface area contributed by atoms with Crippen molar-refractivity contribution < 1.29 is 14.2 Å². The molecule has 0 spiro atoms. The number of aromatic nitrogens is 1. The van der Waals surface area contributed by atoms with Crippen LogP contribution in [-0.2, 0) is 4.74 Å². The molecule has 0 saturated carbocycles. The quantitative estimate of drug-likeness (QED) is 0.848. The van der Waals surface area contributed by atoms with Crippen molar-refractivity contribution in [3.05, 3.63) is 23.1 Å². The second-order valence-electron chi connectivity index (χ2n) is 3.56. The van der Waals surface area contributed by atoms with E-state index >= 15 is 0 Å². The Morgan fingerprint density at radius 2 is 2.50 bits per heavy atom. The van der Waals surface area contributed by atoms with Gasteiger partial charge >= 0.3 is 0 Å². The Kier molecular flexibility index (Phi) is 3.58. The average Bonchev–Trinajstić information content (AvgIpc) is 2.29. The van der Waals surface area contributed by atoms with Gasteiger partial charge in [-0.1, -0.05) is 11.6 Å². The Hall–Kier alpha value is -0.910. The molecule has 16 heavy (non-hydrogen) atoms. The van der Waals surface area contributed by atoms with E-state index in [2.05, 4.69) is 4.98 Å². The Bertz CT molecular complexity index is 378. The van der Waals surface area contributed by atoms with E-state index in [0.717, 1.165) is 0 Å². The highest BCUT2D eigenvalue weighted by molar-refractivity contribution is 6.30. The summed E-state index contributed by atoms with van der Waals surface area (Å²) in [4.78, 5) is 5.66. The van der Waals surface area contributed by atoms with Crippen molar-refractivity contribution in [3.8, 4) is 0 Å². The van der Waals surface area contributed by atoms with Crippen molar-refractivity contribution in [1.82, 2.24) is 4.98 Å². The summed E-state index contributed by atoms with van der Waals surface area (Å²) in [6.45, 7) is 1.29. The van der Waals surface area contributed by atoms with Crippen LogP contribution in [0.1, 0.15) is 0 Å². The molecule has 1 fully saturated rings. The van der Waals surface area contributed by atoms with Gasteiger partial charge in [0, 0.05) is 12.7 Å². The minimum absolute atomic E-state index is 0.0935. The van der Waals surface area contributed by atoms with E-state index in [-0.39, 0.29) is 23.5 Å². The highest BCUT2D eigenvalue weighted by Gasteiger charge is 2.25. The Morgan fingerprint density at radius 3 is 3.19 bits per heavy atom. The number of aliphatic hydroxyl groups is 1. The SMILES string of the molecule is OCC1COCCN1c1ncc(Cl)cc1F. The Balaban J connectivity index is 2.27. The fourth-order valence-electron chi connectivity index (χ4n) is 1.70. The number of pyridine rings is 1. The molecule has 1 N–H and O–H groups in total. The van der Waals surface area contributed by atoms with E-state index in [0.29, 0.717) is 19.8 Å². The first-order chi connectivity index (χ1) is 7.72. The lowest BCUT2D eigenvalue weighted by Gasteiger charge is -2.35. The van der Waals surface area contributed by atoms with E-state index in [1.807, 2.05) is 0 Å². The zero-order valence-corrected chi connectivity index (χ0v) is 9.32. The summed E-state index contributed by atoms with van der Waals surface area (Å²) >= 11 is 5.63. The number of anilines is 1. The lowest BCUT2D eigenvalue weighted by Crippen LogP contribution is -2.48. The lowest BCUT2D eigenvalue weighted by atomic mass is 10.2. The molecule has 1 unspecified atom stereocenters. The molecule has 1 atom stereocenters. The standard InChI is InChI=1S/C10H12ClFN2O2/c11-7-3-9(12)10(13-4-7)14-1-2-16-6-8(14)5-15/h3-4,8,15H,1-2,5-6H2. The minimum Gasteiger partial charge on any atom is -0.394 e. The van der Waals surface area contributed by atoms with Gasteiger partial charge in [0.2, 0.25) is 0 Å². The zero-order valence-electron chi connectivity index (χ0n) is 8.57. The summed E-state index contributed by atoms with van der Waals surface area (Å²) in [5, 5.41) is 9.43. The second kappa shape index (κ2) is 4.95. The third kappa shape index (κ3) is 2.26. The van der Waals surface area contributed by atoms with E-state index in [9.17, 15) is 9.50 Å². The molecule has 1 aliphatic heterocycles. The third-order valence-electron chi connectivity index (χ3n) is 2.50. The molecule has 0 bridgehead atoms. The van der Waals surface area contributed by atoms with Gasteiger partial charge < -0.3 is 14.7 Å². The molecule has 0 aromatic carbocycles. The van der Waals surface area contributed by atoms with Crippen LogP contribution in [0.2, 0.25) is 5.02 Å². The molecular weight excluding hydrogens is 235 g/mol. The molecule has 4 nitrogen and oxygen atoms in total. The van der Waals surface area contributed by atoms with E-state index in [1.54, 1.807) is 4.90 Å². The first-order valence-corrected chi connectivity index (χ1v) is 5.36. The van der Waals surface area contributed by atoms with Gasteiger partial charge in [-0.05, 0) is 6.07 Å². The molecule has 2 heterocycles. The topological polar surface area (TPSA) is 45.6 Å². The van der Waals surface area contributed by atoms with E-state index < -0.39 is 5.82 Å². The summed E-state index contributed by atoms with van der Waals surface area (Å²) in [6.07, 6.45) is 1.39. The maximum Gasteiger partial charge on any atom is 0.167 e. The number of hydrogen-bond acceptors (Lipinski definition) is 4. The summed E-state index contributed by atoms with van der Waals surface area (Å²) in [5.74, 6) is -0.264. The molecule has 6 heteroatoms. The van der Waals surface area contributed by atoms with Gasteiger partial charge in [-0.3, -0.25) is 0 Å². The number of aliphatic hydroxyl groups excluding tert-OH is 1. The van der Waals surface area contributed by atoms with Crippen molar-refractivity contribution in [2.75, 3.05) is 31.3 Å². The Labute approximate surface area is 97.6 Å². The van der Waals surface area contributed by atoms with Crippen LogP contribution >= 0.6 is 11.6 Å². The van der Waals surface area contributed by atoms with Crippen LogP contribution in [-0.4, -0.2) is 42.5 Å². The summed E-state index contributed by atoms with van der Waals surface area (Å²) in [5.41, 5.74) is 0. The molecule has 1 aromatic rings. The molecule has 2 rings (SSSR count). The van der Waals surface area contributed by atoms with Crippen LogP contribution in [0, 0.1) is 5.82 Å². The van der Waals surface area contributed by atoms with Crippen molar-refractivity contribution in [2.24, 2.45) is 0 Å². The summed E-state index contributed by atoms with van der Waals surface area (Å²) in [6, 6.07) is 0.963. The van der Waals surface area contributed by atoms with Crippen LogP contribution in [0.25, 0.3) is 0 Å². The van der Waals surface area contributed by atoms with Gasteiger partial charge in [-0.25, -0.2) is 9.37 Å². The number of hydrogen-bond donors (Lipinski definition) is 1. The zero-order chi connectivity index (χ0) is 11.5. The third-order valence-corrected chi connectivity index (χ3v) is 2.71. The van der Waals surface area contributed by atoms with Crippen LogP contribution in [0.5, 0.6) is 0 Å². The van der Waals surface area contributed by atoms with Gasteiger partial charge in [0.05, 0.1) is 30.9 Å². The highest BCUT2D eigenvalue weighted by atomic mass is 35.5. The van der Waals surface area contributed by atoms with Gasteiger partial charge in [0.15, 0.2) is 11.6 Å². The first-order valence-electron chi connectivity index (χ1n) is 4.98. The van der Waals surface area contributed by atoms with Gasteiger partial charge in [-0.15, -0.1) is 0 Å². The molecule has 0 amide bonds. The van der Waals surface area contributed by atoms with E-state index in [1.165, 1.54) is 12.3 Å². The summed E-state index contributed by atoms with van der Waals surface area (Å²) < 4.78 is 18.8. The maximum absolute atomic E-state index is 13.6. The lowest BCUT2D eigenvalue weighted by molar-refractivity contribution is 0.0719. The van der Waals surface area contributed by atoms with Crippen molar-refractivity contribution in [3.63, 3.8) is 0 Å². The Morgan fingerprint density at radius 1 is 1.69 bits per heavy atom. The van der Waals surface area contributed by atoms with Gasteiger partial charge in [0.1, 0.15) is 0 Å². The molecular formula is C10H12ClFN2O2. The number of nitrogens with zero attached hydrogens (tertiary/aromatic N) is 2. The molecule has 1 saturated heterocycles. The second-order valence-corrected chi connectivity index (χ2v) is 4.00. The largest absolute Gasteiger partial charge is 0.394 e. The fraction of sp³-hybridized carbons (Fsp3) is 0.500. The smallest absolute Gasteiger partial charge is 0.167 e. The fourth-order valence-corrected chi connectivity index (χ4v) is 1.85. The number of halogens is 2. The van der Waals surface area contributed by atoms with Crippen LogP contribution in [0.15, 0.2) is 12.3 Å². The summed E-state index contributed by atoms with van der Waals surface area (Å²) in [7, 11) is 0. The predicted molar refractivity (Wildman–Crippen MR) is 58.2 cm³/mol. The van der Waals surface area contributed by atoms with Crippen molar-refractivity contribution in [1.29, 1.82) is 0 Å².